The van der Waals surface area contributed by atoms with Crippen LogP contribution in [0.15, 0.2) is 54.6 Å². The molecule has 0 fully saturated rings. The molecule has 19 heavy (non-hydrogen) atoms. The number of halogens is 1. The van der Waals surface area contributed by atoms with E-state index in [0.717, 1.165) is 11.3 Å². The second-order valence-corrected chi connectivity index (χ2v) is 4.84. The largest absolute Gasteiger partial charge is 0.494 e. The summed E-state index contributed by atoms with van der Waals surface area (Å²) in [5.41, 5.74) is 6.41. The van der Waals surface area contributed by atoms with Crippen molar-refractivity contribution >= 4 is 0 Å². The molecule has 3 heteroatoms. The Morgan fingerprint density at radius 2 is 1.84 bits per heavy atom. The highest BCUT2D eigenvalue weighted by Crippen LogP contribution is 2.22. The van der Waals surface area contributed by atoms with E-state index in [4.69, 9.17) is 10.5 Å². The van der Waals surface area contributed by atoms with Crippen molar-refractivity contribution in [3.05, 3.63) is 66.0 Å². The van der Waals surface area contributed by atoms with Crippen LogP contribution < -0.4 is 10.5 Å². The van der Waals surface area contributed by atoms with Crippen molar-refractivity contribution in [2.75, 3.05) is 6.61 Å². The normalized spacial score (nSPS) is 13.8. The summed E-state index contributed by atoms with van der Waals surface area (Å²) in [4.78, 5) is 0. The Balaban J connectivity index is 1.94. The van der Waals surface area contributed by atoms with Gasteiger partial charge in [0.1, 0.15) is 11.6 Å². The number of rotatable bonds is 5. The van der Waals surface area contributed by atoms with Crippen LogP contribution in [0.1, 0.15) is 18.9 Å². The first-order valence-corrected chi connectivity index (χ1v) is 6.31. The van der Waals surface area contributed by atoms with Crippen molar-refractivity contribution in [3.63, 3.8) is 0 Å². The lowest BCUT2D eigenvalue weighted by Gasteiger charge is -2.25. The van der Waals surface area contributed by atoms with E-state index >= 15 is 0 Å². The standard InChI is InChI=1S/C16H18FNO/c1-16(18,13-6-5-7-14(17)12-13)10-11-19-15-8-3-2-4-9-15/h2-9,12H,10-11,18H2,1H3. The maximum atomic E-state index is 13.2. The minimum absolute atomic E-state index is 0.266. The maximum Gasteiger partial charge on any atom is 0.123 e. The van der Waals surface area contributed by atoms with Crippen LogP contribution in [0.25, 0.3) is 0 Å². The predicted octanol–water partition coefficient (Wildman–Crippen LogP) is 3.47. The van der Waals surface area contributed by atoms with E-state index in [1.165, 1.54) is 12.1 Å². The zero-order valence-corrected chi connectivity index (χ0v) is 11.0. The lowest BCUT2D eigenvalue weighted by molar-refractivity contribution is 0.267. The van der Waals surface area contributed by atoms with Gasteiger partial charge in [0.25, 0.3) is 0 Å². The van der Waals surface area contributed by atoms with Crippen molar-refractivity contribution in [1.29, 1.82) is 0 Å². The molecular weight excluding hydrogens is 241 g/mol. The van der Waals surface area contributed by atoms with Crippen molar-refractivity contribution < 1.29 is 9.13 Å². The lowest BCUT2D eigenvalue weighted by Crippen LogP contribution is -2.34. The molecule has 0 aliphatic heterocycles. The quantitative estimate of drug-likeness (QED) is 0.892. The first-order valence-electron chi connectivity index (χ1n) is 6.31. The minimum atomic E-state index is -0.600. The van der Waals surface area contributed by atoms with E-state index in [1.54, 1.807) is 6.07 Å². The Hall–Kier alpha value is -1.87. The van der Waals surface area contributed by atoms with Gasteiger partial charge >= 0.3 is 0 Å². The fourth-order valence-electron chi connectivity index (χ4n) is 1.89. The topological polar surface area (TPSA) is 35.2 Å². The summed E-state index contributed by atoms with van der Waals surface area (Å²) in [5.74, 6) is 0.552. The third kappa shape index (κ3) is 3.80. The molecule has 0 amide bonds. The lowest BCUT2D eigenvalue weighted by atomic mass is 9.90. The molecule has 2 N–H and O–H groups in total. The molecule has 1 atom stereocenters. The highest BCUT2D eigenvalue weighted by Gasteiger charge is 2.21. The average Bonchev–Trinajstić information content (AvgIpc) is 2.40. The van der Waals surface area contributed by atoms with Gasteiger partial charge in [-0.25, -0.2) is 4.39 Å². The number of para-hydroxylation sites is 1. The van der Waals surface area contributed by atoms with Crippen LogP contribution in [0.4, 0.5) is 4.39 Å². The summed E-state index contributed by atoms with van der Waals surface area (Å²) in [6.45, 7) is 2.38. The summed E-state index contributed by atoms with van der Waals surface area (Å²) >= 11 is 0. The predicted molar refractivity (Wildman–Crippen MR) is 74.5 cm³/mol. The van der Waals surface area contributed by atoms with Gasteiger partial charge in [0, 0.05) is 12.0 Å². The van der Waals surface area contributed by atoms with Crippen molar-refractivity contribution in [2.24, 2.45) is 5.73 Å². The Labute approximate surface area is 113 Å². The van der Waals surface area contributed by atoms with E-state index in [2.05, 4.69) is 0 Å². The van der Waals surface area contributed by atoms with Crippen LogP contribution in [0.2, 0.25) is 0 Å². The van der Waals surface area contributed by atoms with Gasteiger partial charge in [0.15, 0.2) is 0 Å². The summed E-state index contributed by atoms with van der Waals surface area (Å²) < 4.78 is 18.8. The molecule has 0 heterocycles. The van der Waals surface area contributed by atoms with Crippen LogP contribution in [-0.2, 0) is 5.54 Å². The molecule has 0 aliphatic rings. The number of ether oxygens (including phenoxy) is 1. The molecule has 2 nitrogen and oxygen atoms in total. The van der Waals surface area contributed by atoms with Gasteiger partial charge in [-0.3, -0.25) is 0 Å². The highest BCUT2D eigenvalue weighted by molar-refractivity contribution is 5.24. The van der Waals surface area contributed by atoms with E-state index in [0.29, 0.717) is 13.0 Å². The fraction of sp³-hybridized carbons (Fsp3) is 0.250. The summed E-state index contributed by atoms with van der Waals surface area (Å²) in [6.07, 6.45) is 0.616. The van der Waals surface area contributed by atoms with Gasteiger partial charge in [-0.15, -0.1) is 0 Å². The zero-order chi connectivity index (χ0) is 13.7. The van der Waals surface area contributed by atoms with Crippen molar-refractivity contribution in [3.8, 4) is 5.75 Å². The molecule has 1 unspecified atom stereocenters. The SMILES string of the molecule is CC(N)(CCOc1ccccc1)c1cccc(F)c1. The zero-order valence-electron chi connectivity index (χ0n) is 11.0. The Morgan fingerprint density at radius 3 is 2.53 bits per heavy atom. The van der Waals surface area contributed by atoms with E-state index in [1.807, 2.05) is 43.3 Å². The van der Waals surface area contributed by atoms with Gasteiger partial charge in [-0.05, 0) is 36.8 Å². The van der Waals surface area contributed by atoms with Crippen LogP contribution >= 0.6 is 0 Å². The van der Waals surface area contributed by atoms with Gasteiger partial charge < -0.3 is 10.5 Å². The molecule has 0 aliphatic carbocycles. The molecule has 2 aromatic rings. The molecule has 0 aromatic heterocycles. The van der Waals surface area contributed by atoms with E-state index in [-0.39, 0.29) is 5.82 Å². The molecule has 0 radical (unpaired) electrons. The molecule has 0 saturated heterocycles. The second-order valence-electron chi connectivity index (χ2n) is 4.84. The molecule has 0 bridgehead atoms. The van der Waals surface area contributed by atoms with Crippen LogP contribution in [0.3, 0.4) is 0 Å². The third-order valence-electron chi connectivity index (χ3n) is 3.12. The third-order valence-corrected chi connectivity index (χ3v) is 3.12. The molecule has 2 rings (SSSR count). The second kappa shape index (κ2) is 5.85. The number of hydrogen-bond acceptors (Lipinski definition) is 2. The van der Waals surface area contributed by atoms with Gasteiger partial charge in [-0.2, -0.15) is 0 Å². The Bertz CT molecular complexity index is 525. The maximum absolute atomic E-state index is 13.2. The Morgan fingerprint density at radius 1 is 1.11 bits per heavy atom. The number of nitrogens with two attached hydrogens (primary N) is 1. The molecular formula is C16H18FNO. The summed E-state index contributed by atoms with van der Waals surface area (Å²) in [6, 6.07) is 16.0. The molecule has 2 aromatic carbocycles. The molecule has 100 valence electrons. The highest BCUT2D eigenvalue weighted by atomic mass is 19.1. The average molecular weight is 259 g/mol. The van der Waals surface area contributed by atoms with Crippen LogP contribution in [-0.4, -0.2) is 6.61 Å². The minimum Gasteiger partial charge on any atom is -0.494 e. The van der Waals surface area contributed by atoms with Gasteiger partial charge in [0.05, 0.1) is 6.61 Å². The van der Waals surface area contributed by atoms with Gasteiger partial charge in [-0.1, -0.05) is 30.3 Å². The molecule has 0 saturated carbocycles. The van der Waals surface area contributed by atoms with Gasteiger partial charge in [0.2, 0.25) is 0 Å². The van der Waals surface area contributed by atoms with Crippen LogP contribution in [0.5, 0.6) is 5.75 Å². The first kappa shape index (κ1) is 13.6. The number of hydrogen-bond donors (Lipinski definition) is 1. The van der Waals surface area contributed by atoms with E-state index < -0.39 is 5.54 Å². The van der Waals surface area contributed by atoms with Crippen molar-refractivity contribution in [2.45, 2.75) is 18.9 Å². The Kier molecular flexibility index (Phi) is 4.17. The van der Waals surface area contributed by atoms with Crippen LogP contribution in [0, 0.1) is 5.82 Å². The van der Waals surface area contributed by atoms with Crippen molar-refractivity contribution in [1.82, 2.24) is 0 Å². The van der Waals surface area contributed by atoms with E-state index in [9.17, 15) is 4.39 Å². The summed E-state index contributed by atoms with van der Waals surface area (Å²) in [7, 11) is 0. The molecule has 0 spiro atoms. The number of benzene rings is 2. The summed E-state index contributed by atoms with van der Waals surface area (Å²) in [5, 5.41) is 0. The monoisotopic (exact) mass is 259 g/mol. The fourth-order valence-corrected chi connectivity index (χ4v) is 1.89. The smallest absolute Gasteiger partial charge is 0.123 e. The first-order chi connectivity index (χ1) is 9.08.